The number of nitrogens with two attached hydrogens (primary N) is 2. The molecule has 0 unspecified atom stereocenters. The van der Waals surface area contributed by atoms with Crippen LogP contribution in [0.3, 0.4) is 0 Å². The Morgan fingerprint density at radius 1 is 1.56 bits per heavy atom. The molecule has 0 amide bonds. The van der Waals surface area contributed by atoms with Gasteiger partial charge in [0.25, 0.3) is 0 Å². The zero-order valence-electron chi connectivity index (χ0n) is 5.46. The van der Waals surface area contributed by atoms with E-state index in [-0.39, 0.29) is 0 Å². The van der Waals surface area contributed by atoms with Gasteiger partial charge in [0.1, 0.15) is 0 Å². The summed E-state index contributed by atoms with van der Waals surface area (Å²) in [7, 11) is 1.95. The SMILES string of the molecule is CN1C=CC(N)=C(N)C1. The maximum Gasteiger partial charge on any atom is 0.0586 e. The Hall–Kier alpha value is -1.12. The molecule has 0 spiro atoms. The second kappa shape index (κ2) is 2.01. The zero-order chi connectivity index (χ0) is 6.85. The maximum atomic E-state index is 5.53. The van der Waals surface area contributed by atoms with E-state index in [0.717, 1.165) is 12.2 Å². The Morgan fingerprint density at radius 2 is 2.22 bits per heavy atom. The summed E-state index contributed by atoms with van der Waals surface area (Å²) in [4.78, 5) is 1.98. The van der Waals surface area contributed by atoms with Gasteiger partial charge in [0, 0.05) is 13.2 Å². The summed E-state index contributed by atoms with van der Waals surface area (Å²) in [5, 5.41) is 0. The van der Waals surface area contributed by atoms with Gasteiger partial charge >= 0.3 is 0 Å². The van der Waals surface area contributed by atoms with Crippen molar-refractivity contribution >= 4 is 0 Å². The fourth-order valence-electron chi connectivity index (χ4n) is 0.727. The first kappa shape index (κ1) is 6.01. The lowest BCUT2D eigenvalue weighted by Crippen LogP contribution is -2.25. The van der Waals surface area contributed by atoms with Gasteiger partial charge in [0.2, 0.25) is 0 Å². The average Bonchev–Trinajstić information content (AvgIpc) is 1.80. The fraction of sp³-hybridized carbons (Fsp3) is 0.333. The predicted octanol–water partition coefficient (Wildman–Crippen LogP) is -0.425. The lowest BCUT2D eigenvalue weighted by Gasteiger charge is -2.18. The molecule has 50 valence electrons. The van der Waals surface area contributed by atoms with Gasteiger partial charge < -0.3 is 16.4 Å². The van der Waals surface area contributed by atoms with E-state index in [4.69, 9.17) is 11.5 Å². The summed E-state index contributed by atoms with van der Waals surface area (Å²) in [5.41, 5.74) is 12.5. The molecule has 1 aliphatic heterocycles. The molecule has 1 aliphatic rings. The van der Waals surface area contributed by atoms with Crippen LogP contribution in [0.25, 0.3) is 0 Å². The summed E-state index contributed by atoms with van der Waals surface area (Å²) in [5.74, 6) is 0. The van der Waals surface area contributed by atoms with Gasteiger partial charge in [0.15, 0.2) is 0 Å². The standard InChI is InChI=1S/C6H11N3/c1-9-3-2-5(7)6(8)4-9/h2-3H,4,7-8H2,1H3. The van der Waals surface area contributed by atoms with Crippen LogP contribution in [0.4, 0.5) is 0 Å². The molecular weight excluding hydrogens is 114 g/mol. The van der Waals surface area contributed by atoms with E-state index >= 15 is 0 Å². The molecule has 1 heterocycles. The second-order valence-electron chi connectivity index (χ2n) is 2.21. The van der Waals surface area contributed by atoms with Gasteiger partial charge in [-0.25, -0.2) is 0 Å². The Bertz CT molecular complexity index is 169. The van der Waals surface area contributed by atoms with Gasteiger partial charge in [-0.05, 0) is 6.08 Å². The number of allylic oxidation sites excluding steroid dienone is 1. The minimum atomic E-state index is 0.688. The normalized spacial score (nSPS) is 19.0. The summed E-state index contributed by atoms with van der Waals surface area (Å²) in [6.45, 7) is 0.738. The molecule has 0 aliphatic carbocycles. The molecule has 0 saturated heterocycles. The molecule has 0 aromatic rings. The molecule has 0 saturated carbocycles. The van der Waals surface area contributed by atoms with Crippen LogP contribution in [0.15, 0.2) is 23.7 Å². The third-order valence-electron chi connectivity index (χ3n) is 1.30. The summed E-state index contributed by atoms with van der Waals surface area (Å²) in [6, 6.07) is 0. The summed E-state index contributed by atoms with van der Waals surface area (Å²) >= 11 is 0. The number of likely N-dealkylation sites (N-methyl/N-ethyl adjacent to an activating group) is 1. The zero-order valence-corrected chi connectivity index (χ0v) is 5.46. The van der Waals surface area contributed by atoms with Crippen LogP contribution in [0.2, 0.25) is 0 Å². The monoisotopic (exact) mass is 125 g/mol. The van der Waals surface area contributed by atoms with Crippen LogP contribution in [-0.2, 0) is 0 Å². The van der Waals surface area contributed by atoms with Gasteiger partial charge in [-0.2, -0.15) is 0 Å². The van der Waals surface area contributed by atoms with E-state index in [9.17, 15) is 0 Å². The number of hydrogen-bond donors (Lipinski definition) is 2. The smallest absolute Gasteiger partial charge is 0.0586 e. The van der Waals surface area contributed by atoms with Crippen molar-refractivity contribution in [2.75, 3.05) is 13.6 Å². The van der Waals surface area contributed by atoms with E-state index in [0.29, 0.717) is 5.70 Å². The highest BCUT2D eigenvalue weighted by Gasteiger charge is 2.02. The van der Waals surface area contributed by atoms with Gasteiger partial charge in [-0.3, -0.25) is 0 Å². The molecule has 0 radical (unpaired) electrons. The average molecular weight is 125 g/mol. The van der Waals surface area contributed by atoms with E-state index < -0.39 is 0 Å². The molecule has 3 nitrogen and oxygen atoms in total. The topological polar surface area (TPSA) is 55.3 Å². The van der Waals surface area contributed by atoms with Crippen molar-refractivity contribution in [1.29, 1.82) is 0 Å². The second-order valence-corrected chi connectivity index (χ2v) is 2.21. The Balaban J connectivity index is 2.75. The number of rotatable bonds is 0. The minimum absolute atomic E-state index is 0.688. The maximum absolute atomic E-state index is 5.53. The van der Waals surface area contributed by atoms with Crippen LogP contribution >= 0.6 is 0 Å². The van der Waals surface area contributed by atoms with Crippen LogP contribution in [0, 0.1) is 0 Å². The molecule has 4 N–H and O–H groups in total. The number of hydrogen-bond acceptors (Lipinski definition) is 3. The first-order chi connectivity index (χ1) is 4.20. The van der Waals surface area contributed by atoms with Gasteiger partial charge in [0.05, 0.1) is 17.9 Å². The Labute approximate surface area is 54.6 Å². The third-order valence-corrected chi connectivity index (χ3v) is 1.30. The molecular formula is C6H11N3. The van der Waals surface area contributed by atoms with Crippen molar-refractivity contribution in [1.82, 2.24) is 4.90 Å². The molecule has 0 fully saturated rings. The lowest BCUT2D eigenvalue weighted by molar-refractivity contribution is 0.484. The van der Waals surface area contributed by atoms with E-state index in [1.165, 1.54) is 0 Å². The van der Waals surface area contributed by atoms with Crippen LogP contribution in [-0.4, -0.2) is 18.5 Å². The predicted molar refractivity (Wildman–Crippen MR) is 37.2 cm³/mol. The van der Waals surface area contributed by atoms with Crippen LogP contribution in [0.5, 0.6) is 0 Å². The Kier molecular flexibility index (Phi) is 1.34. The Morgan fingerprint density at radius 3 is 2.67 bits per heavy atom. The van der Waals surface area contributed by atoms with Crippen molar-refractivity contribution in [3.8, 4) is 0 Å². The largest absolute Gasteiger partial charge is 0.399 e. The lowest BCUT2D eigenvalue weighted by atomic mass is 10.2. The molecule has 1 rings (SSSR count). The highest BCUT2D eigenvalue weighted by Crippen LogP contribution is 2.02. The minimum Gasteiger partial charge on any atom is -0.399 e. The summed E-state index contributed by atoms with van der Waals surface area (Å²) < 4.78 is 0. The molecule has 0 bridgehead atoms. The molecule has 0 atom stereocenters. The van der Waals surface area contributed by atoms with Gasteiger partial charge in [-0.15, -0.1) is 0 Å². The van der Waals surface area contributed by atoms with Crippen molar-refractivity contribution in [3.63, 3.8) is 0 Å². The van der Waals surface area contributed by atoms with Crippen LogP contribution < -0.4 is 11.5 Å². The van der Waals surface area contributed by atoms with Crippen molar-refractivity contribution < 1.29 is 0 Å². The van der Waals surface area contributed by atoms with Crippen molar-refractivity contribution in [3.05, 3.63) is 23.7 Å². The quantitative estimate of drug-likeness (QED) is 0.462. The van der Waals surface area contributed by atoms with E-state index in [1.54, 1.807) is 6.08 Å². The number of nitrogens with zero attached hydrogens (tertiary/aromatic N) is 1. The fourth-order valence-corrected chi connectivity index (χ4v) is 0.727. The third kappa shape index (κ3) is 1.16. The molecule has 0 aromatic heterocycles. The van der Waals surface area contributed by atoms with E-state index in [1.807, 2.05) is 18.1 Å². The van der Waals surface area contributed by atoms with Gasteiger partial charge in [-0.1, -0.05) is 0 Å². The molecule has 0 aromatic carbocycles. The molecule has 3 heteroatoms. The molecule has 9 heavy (non-hydrogen) atoms. The highest BCUT2D eigenvalue weighted by atomic mass is 15.1. The summed E-state index contributed by atoms with van der Waals surface area (Å²) in [6.07, 6.45) is 3.71. The van der Waals surface area contributed by atoms with Crippen LogP contribution in [0.1, 0.15) is 0 Å². The highest BCUT2D eigenvalue weighted by molar-refractivity contribution is 5.24. The first-order valence-electron chi connectivity index (χ1n) is 2.82. The first-order valence-corrected chi connectivity index (χ1v) is 2.82. The van der Waals surface area contributed by atoms with Crippen molar-refractivity contribution in [2.45, 2.75) is 0 Å². The van der Waals surface area contributed by atoms with Crippen molar-refractivity contribution in [2.24, 2.45) is 11.5 Å². The van der Waals surface area contributed by atoms with E-state index in [2.05, 4.69) is 0 Å².